The van der Waals surface area contributed by atoms with Gasteiger partial charge in [-0.05, 0) is 44.5 Å². The zero-order valence-corrected chi connectivity index (χ0v) is 12.5. The molecule has 21 heavy (non-hydrogen) atoms. The van der Waals surface area contributed by atoms with Crippen LogP contribution in [-0.4, -0.2) is 15.6 Å². The standard InChI is InChI=1S/C18H19NO2/c1-11(2)19-16-7-5-4-6-14(16)15-10-13(8-9-17(15)19)12(3)18(20)21/h4-12H,1-3H3,(H,20,21). The summed E-state index contributed by atoms with van der Waals surface area (Å²) in [7, 11) is 0. The number of hydrogen-bond acceptors (Lipinski definition) is 1. The van der Waals surface area contributed by atoms with Gasteiger partial charge in [0.2, 0.25) is 0 Å². The fraction of sp³-hybridized carbons (Fsp3) is 0.278. The molecule has 0 bridgehead atoms. The first kappa shape index (κ1) is 13.7. The monoisotopic (exact) mass is 281 g/mol. The topological polar surface area (TPSA) is 42.2 Å². The van der Waals surface area contributed by atoms with E-state index < -0.39 is 11.9 Å². The molecule has 1 N–H and O–H groups in total. The van der Waals surface area contributed by atoms with E-state index in [-0.39, 0.29) is 0 Å². The Labute approximate surface area is 123 Å². The van der Waals surface area contributed by atoms with Crippen molar-refractivity contribution in [3.63, 3.8) is 0 Å². The maximum atomic E-state index is 11.2. The van der Waals surface area contributed by atoms with Gasteiger partial charge in [0.15, 0.2) is 0 Å². The van der Waals surface area contributed by atoms with Crippen LogP contribution in [0.4, 0.5) is 0 Å². The van der Waals surface area contributed by atoms with Crippen LogP contribution < -0.4 is 0 Å². The van der Waals surface area contributed by atoms with E-state index >= 15 is 0 Å². The van der Waals surface area contributed by atoms with Gasteiger partial charge in [-0.3, -0.25) is 4.79 Å². The van der Waals surface area contributed by atoms with Crippen molar-refractivity contribution in [1.29, 1.82) is 0 Å². The van der Waals surface area contributed by atoms with Crippen LogP contribution in [0.3, 0.4) is 0 Å². The first-order valence-corrected chi connectivity index (χ1v) is 7.26. The Hall–Kier alpha value is -2.29. The molecule has 2 aromatic carbocycles. The molecule has 0 amide bonds. The van der Waals surface area contributed by atoms with Crippen LogP contribution in [-0.2, 0) is 4.79 Å². The van der Waals surface area contributed by atoms with Crippen LogP contribution in [0.5, 0.6) is 0 Å². The van der Waals surface area contributed by atoms with E-state index in [4.69, 9.17) is 0 Å². The molecule has 0 aliphatic carbocycles. The molecule has 108 valence electrons. The number of aliphatic carboxylic acids is 1. The van der Waals surface area contributed by atoms with E-state index in [1.165, 1.54) is 10.9 Å². The van der Waals surface area contributed by atoms with Crippen molar-refractivity contribution in [3.8, 4) is 0 Å². The highest BCUT2D eigenvalue weighted by Crippen LogP contribution is 2.33. The lowest BCUT2D eigenvalue weighted by atomic mass is 9.99. The second-order valence-electron chi connectivity index (χ2n) is 5.82. The highest BCUT2D eigenvalue weighted by atomic mass is 16.4. The summed E-state index contributed by atoms with van der Waals surface area (Å²) in [5.74, 6) is -1.28. The molecule has 1 unspecified atom stereocenters. The molecule has 0 saturated heterocycles. The van der Waals surface area contributed by atoms with Gasteiger partial charge in [0.05, 0.1) is 5.92 Å². The summed E-state index contributed by atoms with van der Waals surface area (Å²) >= 11 is 0. The van der Waals surface area contributed by atoms with Gasteiger partial charge in [-0.1, -0.05) is 24.3 Å². The van der Waals surface area contributed by atoms with Gasteiger partial charge < -0.3 is 9.67 Å². The van der Waals surface area contributed by atoms with Crippen molar-refractivity contribution in [2.75, 3.05) is 0 Å². The Kier molecular flexibility index (Phi) is 3.20. The molecule has 1 aromatic heterocycles. The highest BCUT2D eigenvalue weighted by molar-refractivity contribution is 6.08. The zero-order chi connectivity index (χ0) is 15.1. The summed E-state index contributed by atoms with van der Waals surface area (Å²) < 4.78 is 2.31. The molecule has 1 atom stereocenters. The predicted octanol–water partition coefficient (Wildman–Crippen LogP) is 4.56. The second kappa shape index (κ2) is 4.92. The summed E-state index contributed by atoms with van der Waals surface area (Å²) in [5.41, 5.74) is 3.21. The average Bonchev–Trinajstić information content (AvgIpc) is 2.80. The molecule has 0 aliphatic heterocycles. The smallest absolute Gasteiger partial charge is 0.310 e. The zero-order valence-electron chi connectivity index (χ0n) is 12.5. The molecule has 3 rings (SSSR count). The number of rotatable bonds is 3. The number of benzene rings is 2. The predicted molar refractivity (Wildman–Crippen MR) is 85.9 cm³/mol. The molecule has 0 aliphatic rings. The van der Waals surface area contributed by atoms with Crippen molar-refractivity contribution in [3.05, 3.63) is 48.0 Å². The third kappa shape index (κ3) is 2.09. The minimum absolute atomic E-state index is 0.357. The maximum absolute atomic E-state index is 11.2. The minimum atomic E-state index is -0.790. The van der Waals surface area contributed by atoms with Crippen molar-refractivity contribution in [2.24, 2.45) is 0 Å². The number of carboxylic acid groups (broad SMARTS) is 1. The van der Waals surface area contributed by atoms with E-state index in [0.29, 0.717) is 6.04 Å². The van der Waals surface area contributed by atoms with Crippen LogP contribution in [0.2, 0.25) is 0 Å². The molecule has 0 spiro atoms. The Bertz CT molecular complexity index is 830. The Morgan fingerprint density at radius 3 is 2.33 bits per heavy atom. The summed E-state index contributed by atoms with van der Waals surface area (Å²) in [6, 6.07) is 14.6. The van der Waals surface area contributed by atoms with E-state index in [1.54, 1.807) is 6.92 Å². The number of para-hydroxylation sites is 1. The Morgan fingerprint density at radius 1 is 1.00 bits per heavy atom. The molecular weight excluding hydrogens is 262 g/mol. The fourth-order valence-corrected chi connectivity index (χ4v) is 2.99. The van der Waals surface area contributed by atoms with Gasteiger partial charge in [0.25, 0.3) is 0 Å². The van der Waals surface area contributed by atoms with Gasteiger partial charge in [0, 0.05) is 27.8 Å². The number of carbonyl (C=O) groups is 1. The van der Waals surface area contributed by atoms with Crippen molar-refractivity contribution in [2.45, 2.75) is 32.7 Å². The number of hydrogen-bond donors (Lipinski definition) is 1. The minimum Gasteiger partial charge on any atom is -0.481 e. The van der Waals surface area contributed by atoms with E-state index in [2.05, 4.69) is 30.5 Å². The molecule has 0 radical (unpaired) electrons. The van der Waals surface area contributed by atoms with Crippen LogP contribution in [0, 0.1) is 0 Å². The summed E-state index contributed by atoms with van der Waals surface area (Å²) in [5, 5.41) is 11.5. The molecule has 3 nitrogen and oxygen atoms in total. The van der Waals surface area contributed by atoms with Gasteiger partial charge in [0.1, 0.15) is 0 Å². The van der Waals surface area contributed by atoms with E-state index in [0.717, 1.165) is 16.5 Å². The maximum Gasteiger partial charge on any atom is 0.310 e. The van der Waals surface area contributed by atoms with Gasteiger partial charge in [-0.2, -0.15) is 0 Å². The number of aromatic nitrogens is 1. The third-order valence-electron chi connectivity index (χ3n) is 4.12. The second-order valence-corrected chi connectivity index (χ2v) is 5.82. The fourth-order valence-electron chi connectivity index (χ4n) is 2.99. The van der Waals surface area contributed by atoms with Crippen LogP contribution in [0.1, 0.15) is 38.3 Å². The molecule has 0 saturated carbocycles. The highest BCUT2D eigenvalue weighted by Gasteiger charge is 2.17. The summed E-state index contributed by atoms with van der Waals surface area (Å²) in [4.78, 5) is 11.2. The van der Waals surface area contributed by atoms with Gasteiger partial charge in [-0.25, -0.2) is 0 Å². The van der Waals surface area contributed by atoms with Crippen molar-refractivity contribution >= 4 is 27.8 Å². The lowest BCUT2D eigenvalue weighted by Gasteiger charge is -2.12. The Morgan fingerprint density at radius 2 is 1.67 bits per heavy atom. The molecule has 3 heteroatoms. The van der Waals surface area contributed by atoms with Gasteiger partial charge >= 0.3 is 5.97 Å². The number of nitrogens with zero attached hydrogens (tertiary/aromatic N) is 1. The normalized spacial score (nSPS) is 13.1. The molecule has 3 aromatic rings. The number of fused-ring (bicyclic) bond motifs is 3. The summed E-state index contributed by atoms with van der Waals surface area (Å²) in [6.45, 7) is 6.06. The Balaban J connectivity index is 2.36. The van der Waals surface area contributed by atoms with Crippen molar-refractivity contribution < 1.29 is 9.90 Å². The lowest BCUT2D eigenvalue weighted by Crippen LogP contribution is -2.07. The van der Waals surface area contributed by atoms with E-state index in [9.17, 15) is 9.90 Å². The first-order chi connectivity index (χ1) is 10.0. The summed E-state index contributed by atoms with van der Waals surface area (Å²) in [6.07, 6.45) is 0. The third-order valence-corrected chi connectivity index (χ3v) is 4.12. The van der Waals surface area contributed by atoms with Crippen LogP contribution in [0.25, 0.3) is 21.8 Å². The quantitative estimate of drug-likeness (QED) is 0.764. The molecule has 1 heterocycles. The molecular formula is C18H19NO2. The van der Waals surface area contributed by atoms with Crippen LogP contribution >= 0.6 is 0 Å². The first-order valence-electron chi connectivity index (χ1n) is 7.26. The SMILES string of the molecule is CC(C(=O)O)c1ccc2c(c1)c1ccccc1n2C(C)C. The van der Waals surface area contributed by atoms with Crippen LogP contribution in [0.15, 0.2) is 42.5 Å². The van der Waals surface area contributed by atoms with Crippen molar-refractivity contribution in [1.82, 2.24) is 4.57 Å². The van der Waals surface area contributed by atoms with E-state index in [1.807, 2.05) is 30.3 Å². The lowest BCUT2D eigenvalue weighted by molar-refractivity contribution is -0.138. The largest absolute Gasteiger partial charge is 0.481 e. The van der Waals surface area contributed by atoms with Gasteiger partial charge in [-0.15, -0.1) is 0 Å². The number of carboxylic acids is 1. The average molecular weight is 281 g/mol. The molecule has 0 fully saturated rings.